The summed E-state index contributed by atoms with van der Waals surface area (Å²) in [4.78, 5) is 23.5. The van der Waals surface area contributed by atoms with Gasteiger partial charge in [0.1, 0.15) is 5.82 Å². The number of fused-ring (bicyclic) bond motifs is 2. The molecule has 5 rings (SSSR count). The molecular formula is C23H24F3N7O. The van der Waals surface area contributed by atoms with Crippen LogP contribution in [0.25, 0.3) is 11.1 Å². The van der Waals surface area contributed by atoms with Crippen LogP contribution < -0.4 is 10.6 Å². The van der Waals surface area contributed by atoms with E-state index in [1.54, 1.807) is 16.9 Å². The largest absolute Gasteiger partial charge is 0.390 e. The number of carbonyl (C=O) groups excluding carboxylic acids is 1. The molecule has 0 aromatic carbocycles. The Morgan fingerprint density at radius 3 is 2.79 bits per heavy atom. The fourth-order valence-electron chi connectivity index (χ4n) is 4.33. The van der Waals surface area contributed by atoms with E-state index >= 15 is 0 Å². The Bertz CT molecular complexity index is 1250. The lowest BCUT2D eigenvalue weighted by molar-refractivity contribution is -0.131. The third kappa shape index (κ3) is 4.55. The van der Waals surface area contributed by atoms with Crippen molar-refractivity contribution in [3.63, 3.8) is 0 Å². The fraction of sp³-hybridized carbons (Fsp3) is 0.391. The summed E-state index contributed by atoms with van der Waals surface area (Å²) in [7, 11) is 0. The van der Waals surface area contributed by atoms with Gasteiger partial charge in [-0.25, -0.2) is 9.50 Å². The molecule has 0 bridgehead atoms. The molecule has 3 aromatic heterocycles. The molecule has 5 heterocycles. The number of piperidine rings is 1. The highest BCUT2D eigenvalue weighted by molar-refractivity contribution is 6.01. The highest BCUT2D eigenvalue weighted by atomic mass is 19.4. The molecular weight excluding hydrogens is 447 g/mol. The van der Waals surface area contributed by atoms with Crippen molar-refractivity contribution in [1.29, 1.82) is 0 Å². The molecule has 2 N–H and O–H groups in total. The summed E-state index contributed by atoms with van der Waals surface area (Å²) < 4.78 is 38.9. The predicted molar refractivity (Wildman–Crippen MR) is 122 cm³/mol. The Hall–Kier alpha value is -3.63. The summed E-state index contributed by atoms with van der Waals surface area (Å²) >= 11 is 0. The van der Waals surface area contributed by atoms with Crippen molar-refractivity contribution < 1.29 is 18.0 Å². The van der Waals surface area contributed by atoms with E-state index < -0.39 is 12.6 Å². The summed E-state index contributed by atoms with van der Waals surface area (Å²) in [6, 6.07) is 3.84. The molecule has 3 aromatic rings. The van der Waals surface area contributed by atoms with Crippen LogP contribution in [0.3, 0.4) is 0 Å². The number of nitrogens with zero attached hydrogens (tertiary/aromatic N) is 5. The van der Waals surface area contributed by atoms with Crippen molar-refractivity contribution in [2.45, 2.75) is 31.9 Å². The number of carbonyl (C=O) groups is 1. The molecule has 0 radical (unpaired) electrons. The van der Waals surface area contributed by atoms with Gasteiger partial charge < -0.3 is 15.5 Å². The Morgan fingerprint density at radius 2 is 2.00 bits per heavy atom. The number of likely N-dealkylation sites (tertiary alicyclic amines) is 1. The third-order valence-electron chi connectivity index (χ3n) is 6.05. The minimum Gasteiger partial charge on any atom is -0.366 e. The zero-order valence-corrected chi connectivity index (χ0v) is 18.4. The molecule has 2 aliphatic heterocycles. The van der Waals surface area contributed by atoms with Crippen LogP contribution in [0.1, 0.15) is 47.2 Å². The van der Waals surface area contributed by atoms with Crippen molar-refractivity contribution in [1.82, 2.24) is 24.5 Å². The van der Waals surface area contributed by atoms with Gasteiger partial charge in [0.25, 0.3) is 5.91 Å². The van der Waals surface area contributed by atoms with Gasteiger partial charge in [0.2, 0.25) is 5.95 Å². The van der Waals surface area contributed by atoms with Gasteiger partial charge in [0.15, 0.2) is 0 Å². The van der Waals surface area contributed by atoms with E-state index in [4.69, 9.17) is 0 Å². The molecule has 2 aliphatic rings. The second-order valence-corrected chi connectivity index (χ2v) is 8.40. The summed E-state index contributed by atoms with van der Waals surface area (Å²) in [5.74, 6) is 0.668. The fourth-order valence-corrected chi connectivity index (χ4v) is 4.33. The average molecular weight is 471 g/mol. The zero-order chi connectivity index (χ0) is 23.7. The first-order chi connectivity index (χ1) is 16.4. The van der Waals surface area contributed by atoms with Crippen molar-refractivity contribution >= 4 is 28.8 Å². The van der Waals surface area contributed by atoms with Gasteiger partial charge in [-0.3, -0.25) is 4.79 Å². The van der Waals surface area contributed by atoms with Crippen molar-refractivity contribution in [3.8, 4) is 0 Å². The first kappa shape index (κ1) is 22.2. The molecule has 178 valence electrons. The number of halogens is 3. The molecule has 0 saturated carbocycles. The second-order valence-electron chi connectivity index (χ2n) is 8.40. The van der Waals surface area contributed by atoms with Crippen molar-refractivity contribution in [2.75, 3.05) is 36.8 Å². The lowest BCUT2D eigenvalue weighted by Crippen LogP contribution is -2.35. The van der Waals surface area contributed by atoms with Crippen molar-refractivity contribution in [3.05, 3.63) is 53.5 Å². The predicted octanol–water partition coefficient (Wildman–Crippen LogP) is 3.97. The molecule has 0 spiro atoms. The van der Waals surface area contributed by atoms with Gasteiger partial charge in [-0.15, -0.1) is 0 Å². The number of rotatable bonds is 5. The lowest BCUT2D eigenvalue weighted by Gasteiger charge is -2.26. The number of nitrogens with one attached hydrogen (secondary N) is 2. The van der Waals surface area contributed by atoms with Crippen molar-refractivity contribution in [2.24, 2.45) is 0 Å². The Balaban J connectivity index is 1.41. The number of alkyl halides is 3. The smallest absolute Gasteiger partial charge is 0.366 e. The highest BCUT2D eigenvalue weighted by Crippen LogP contribution is 2.32. The average Bonchev–Trinajstić information content (AvgIpc) is 3.26. The topological polar surface area (TPSA) is 87.5 Å². The summed E-state index contributed by atoms with van der Waals surface area (Å²) in [6.45, 7) is 1.73. The standard InChI is InChI=1S/C23H24F3N7O/c24-23(25,26)6-8-28-22-29-13-17-16(4-7-27-20(17)31-22)15-5-11-33-19(12-15)18(14-30-33)21(34)32-9-2-1-3-10-32/h4-5,11-14H,1-3,6-10H2,(H2,27,28,29,31). The number of pyridine rings is 1. The number of hydrogen-bond acceptors (Lipinski definition) is 6. The molecule has 34 heavy (non-hydrogen) atoms. The maximum Gasteiger partial charge on any atom is 0.390 e. The monoisotopic (exact) mass is 471 g/mol. The molecule has 11 heteroatoms. The molecule has 0 aliphatic carbocycles. The number of hydrogen-bond donors (Lipinski definition) is 2. The van der Waals surface area contributed by atoms with Crippen LogP contribution in [-0.2, 0) is 0 Å². The van der Waals surface area contributed by atoms with Gasteiger partial charge in [-0.2, -0.15) is 23.3 Å². The minimum atomic E-state index is -4.24. The van der Waals surface area contributed by atoms with Gasteiger partial charge in [-0.1, -0.05) is 6.08 Å². The summed E-state index contributed by atoms with van der Waals surface area (Å²) in [5, 5.41) is 10.1. The van der Waals surface area contributed by atoms with Crippen LogP contribution in [0.15, 0.2) is 36.8 Å². The van der Waals surface area contributed by atoms with Crippen LogP contribution >= 0.6 is 0 Å². The minimum absolute atomic E-state index is 0.00977. The third-order valence-corrected chi connectivity index (χ3v) is 6.05. The zero-order valence-electron chi connectivity index (χ0n) is 18.4. The molecule has 1 saturated heterocycles. The van der Waals surface area contributed by atoms with E-state index in [0.717, 1.165) is 54.6 Å². The number of aromatic nitrogens is 4. The van der Waals surface area contributed by atoms with E-state index in [9.17, 15) is 18.0 Å². The van der Waals surface area contributed by atoms with E-state index in [-0.39, 0.29) is 18.4 Å². The SMILES string of the molecule is O=C(c1cnn2ccc(C3=CCNc4nc(NCCC(F)(F)F)ncc43)cc12)N1CCCCC1. The maximum absolute atomic E-state index is 13.1. The second kappa shape index (κ2) is 8.96. The molecule has 8 nitrogen and oxygen atoms in total. The van der Waals surface area contributed by atoms with E-state index in [1.807, 2.05) is 29.3 Å². The normalized spacial score (nSPS) is 16.1. The highest BCUT2D eigenvalue weighted by Gasteiger charge is 2.27. The Labute approximate surface area is 193 Å². The quantitative estimate of drug-likeness (QED) is 0.586. The van der Waals surface area contributed by atoms with Gasteiger partial charge in [0, 0.05) is 44.1 Å². The maximum atomic E-state index is 13.1. The van der Waals surface area contributed by atoms with E-state index in [0.29, 0.717) is 17.9 Å². The summed E-state index contributed by atoms with van der Waals surface area (Å²) in [6.07, 6.45) is 4.99. The first-order valence-corrected chi connectivity index (χ1v) is 11.3. The van der Waals surface area contributed by atoms with Crippen LogP contribution in [0.5, 0.6) is 0 Å². The van der Waals surface area contributed by atoms with Crippen LogP contribution in [0.2, 0.25) is 0 Å². The van der Waals surface area contributed by atoms with Gasteiger partial charge >= 0.3 is 6.18 Å². The van der Waals surface area contributed by atoms with Crippen LogP contribution in [0, 0.1) is 0 Å². The van der Waals surface area contributed by atoms with Gasteiger partial charge in [0.05, 0.1) is 23.7 Å². The molecule has 0 atom stereocenters. The number of anilines is 2. The van der Waals surface area contributed by atoms with E-state index in [1.165, 1.54) is 0 Å². The van der Waals surface area contributed by atoms with Gasteiger partial charge in [-0.05, 0) is 42.5 Å². The molecule has 1 fully saturated rings. The van der Waals surface area contributed by atoms with E-state index in [2.05, 4.69) is 25.7 Å². The number of amides is 1. The van der Waals surface area contributed by atoms with Crippen LogP contribution in [-0.4, -0.2) is 62.7 Å². The molecule has 0 unspecified atom stereocenters. The molecule has 1 amide bonds. The van der Waals surface area contributed by atoms with Crippen LogP contribution in [0.4, 0.5) is 24.9 Å². The summed E-state index contributed by atoms with van der Waals surface area (Å²) in [5.41, 5.74) is 3.79. The lowest BCUT2D eigenvalue weighted by atomic mass is 9.97. The Morgan fingerprint density at radius 1 is 1.18 bits per heavy atom. The Kier molecular flexibility index (Phi) is 5.84. The first-order valence-electron chi connectivity index (χ1n) is 11.3.